The van der Waals surface area contributed by atoms with E-state index in [1.54, 1.807) is 23.1 Å². The summed E-state index contributed by atoms with van der Waals surface area (Å²) in [5.41, 5.74) is 1.22. The third-order valence-corrected chi connectivity index (χ3v) is 11.9. The molecule has 10 nitrogen and oxygen atoms in total. The number of carbonyl (C=O) groups excluding carboxylic acids is 1. The van der Waals surface area contributed by atoms with Crippen molar-refractivity contribution in [2.75, 3.05) is 36.0 Å². The van der Waals surface area contributed by atoms with E-state index in [2.05, 4.69) is 29.0 Å². The van der Waals surface area contributed by atoms with Crippen molar-refractivity contribution in [1.82, 2.24) is 14.6 Å². The molecule has 1 amide bonds. The van der Waals surface area contributed by atoms with Gasteiger partial charge < -0.3 is 20.2 Å². The molecule has 2 aliphatic heterocycles. The van der Waals surface area contributed by atoms with Gasteiger partial charge in [0.1, 0.15) is 15.6 Å². The highest BCUT2D eigenvalue weighted by atomic mass is 32.2. The van der Waals surface area contributed by atoms with Crippen LogP contribution < -0.4 is 15.1 Å². The van der Waals surface area contributed by atoms with E-state index in [0.29, 0.717) is 5.69 Å². The highest BCUT2D eigenvalue weighted by Gasteiger charge is 2.44. The average Bonchev–Trinajstić information content (AvgIpc) is 3.47. The first kappa shape index (κ1) is 30.7. The van der Waals surface area contributed by atoms with E-state index in [0.717, 1.165) is 72.8 Å². The maximum atomic E-state index is 14.0. The lowest BCUT2D eigenvalue weighted by Crippen LogP contribution is -2.60. The van der Waals surface area contributed by atoms with Crippen LogP contribution in [0.1, 0.15) is 55.6 Å². The zero-order valence-corrected chi connectivity index (χ0v) is 26.7. The molecular weight excluding hydrogens is 599 g/mol. The second-order valence-corrected chi connectivity index (χ2v) is 15.2. The Kier molecular flexibility index (Phi) is 8.78. The molecule has 1 saturated carbocycles. The molecule has 3 aliphatic rings. The predicted octanol–water partition coefficient (Wildman–Crippen LogP) is 4.68. The summed E-state index contributed by atoms with van der Waals surface area (Å²) in [5, 5.41) is 13.7. The van der Waals surface area contributed by atoms with Crippen LogP contribution in [0, 0.1) is 5.92 Å². The summed E-state index contributed by atoms with van der Waals surface area (Å²) in [6, 6.07) is 14.7. The van der Waals surface area contributed by atoms with Gasteiger partial charge in [-0.25, -0.2) is 18.2 Å². The molecule has 0 spiro atoms. The van der Waals surface area contributed by atoms with Crippen molar-refractivity contribution < 1.29 is 23.1 Å². The van der Waals surface area contributed by atoms with Crippen LogP contribution >= 0.6 is 11.3 Å². The van der Waals surface area contributed by atoms with Crippen molar-refractivity contribution in [3.63, 3.8) is 0 Å². The largest absolute Gasteiger partial charge is 0.477 e. The summed E-state index contributed by atoms with van der Waals surface area (Å²) < 4.78 is 29.2. The number of benzene rings is 1. The summed E-state index contributed by atoms with van der Waals surface area (Å²) >= 11 is 1.14. The molecule has 2 N–H and O–H groups in total. The Hall–Kier alpha value is -3.32. The van der Waals surface area contributed by atoms with Crippen LogP contribution in [0.25, 0.3) is 10.4 Å². The maximum absolute atomic E-state index is 14.0. The highest BCUT2D eigenvalue weighted by Crippen LogP contribution is 2.42. The van der Waals surface area contributed by atoms with Crippen molar-refractivity contribution in [3.8, 4) is 10.4 Å². The summed E-state index contributed by atoms with van der Waals surface area (Å²) in [5.74, 6) is -0.733. The van der Waals surface area contributed by atoms with Crippen LogP contribution in [-0.4, -0.2) is 79.0 Å². The van der Waals surface area contributed by atoms with Gasteiger partial charge >= 0.3 is 5.97 Å². The lowest BCUT2D eigenvalue weighted by Gasteiger charge is -2.44. The van der Waals surface area contributed by atoms with Crippen molar-refractivity contribution in [3.05, 3.63) is 59.6 Å². The lowest BCUT2D eigenvalue weighted by molar-refractivity contribution is -0.121. The van der Waals surface area contributed by atoms with E-state index < -0.39 is 27.9 Å². The van der Waals surface area contributed by atoms with Gasteiger partial charge in [-0.05, 0) is 56.4 Å². The van der Waals surface area contributed by atoms with E-state index in [-0.39, 0.29) is 40.9 Å². The molecule has 0 radical (unpaired) electrons. The Morgan fingerprint density at radius 1 is 1.00 bits per heavy atom. The smallest absolute Gasteiger partial charge is 0.348 e. The fraction of sp³-hybridized carbons (Fsp3) is 0.469. The van der Waals surface area contributed by atoms with Gasteiger partial charge in [-0.15, -0.1) is 11.3 Å². The minimum Gasteiger partial charge on any atom is -0.477 e. The number of hydrogen-bond acceptors (Lipinski definition) is 8. The third-order valence-electron chi connectivity index (χ3n) is 8.96. The van der Waals surface area contributed by atoms with Gasteiger partial charge in [-0.1, -0.05) is 49.6 Å². The van der Waals surface area contributed by atoms with Crippen molar-refractivity contribution >= 4 is 44.7 Å². The first-order chi connectivity index (χ1) is 21.1. The quantitative estimate of drug-likeness (QED) is 0.383. The van der Waals surface area contributed by atoms with Crippen molar-refractivity contribution in [1.29, 1.82) is 0 Å². The Bertz CT molecular complexity index is 1600. The third kappa shape index (κ3) is 6.13. The highest BCUT2D eigenvalue weighted by molar-refractivity contribution is 7.89. The monoisotopic (exact) mass is 637 g/mol. The van der Waals surface area contributed by atoms with Crippen molar-refractivity contribution in [2.24, 2.45) is 5.92 Å². The van der Waals surface area contributed by atoms with E-state index in [1.807, 2.05) is 30.3 Å². The van der Waals surface area contributed by atoms with Gasteiger partial charge in [0.2, 0.25) is 15.9 Å². The molecule has 1 aromatic carbocycles. The fourth-order valence-corrected chi connectivity index (χ4v) is 9.32. The van der Waals surface area contributed by atoms with E-state index in [4.69, 9.17) is 0 Å². The first-order valence-corrected chi connectivity index (χ1v) is 17.6. The number of carboxylic acids is 1. The lowest BCUT2D eigenvalue weighted by atomic mass is 9.82. The van der Waals surface area contributed by atoms with Gasteiger partial charge in [0.25, 0.3) is 0 Å². The number of carboxylic acid groups (broad SMARTS) is 1. The number of pyridine rings is 1. The van der Waals surface area contributed by atoms with Crippen LogP contribution in [0.15, 0.2) is 59.6 Å². The molecule has 4 heterocycles. The zero-order valence-electron chi connectivity index (χ0n) is 25.1. The van der Waals surface area contributed by atoms with Crippen LogP contribution in [0.4, 0.5) is 11.5 Å². The molecule has 44 heavy (non-hydrogen) atoms. The number of aromatic carboxylic acids is 1. The first-order valence-electron chi connectivity index (χ1n) is 15.3. The van der Waals surface area contributed by atoms with Gasteiger partial charge in [0.15, 0.2) is 0 Å². The van der Waals surface area contributed by atoms with Gasteiger partial charge in [-0.2, -0.15) is 4.31 Å². The minimum absolute atomic E-state index is 0.0502. The molecule has 3 aromatic rings. The Morgan fingerprint density at radius 2 is 1.70 bits per heavy atom. The number of hydrogen-bond donors (Lipinski definition) is 2. The summed E-state index contributed by atoms with van der Waals surface area (Å²) in [7, 11) is -4.03. The molecule has 6 rings (SSSR count). The second kappa shape index (κ2) is 12.6. The number of anilines is 2. The number of carbonyl (C=O) groups is 2. The molecule has 12 heteroatoms. The Labute approximate surface area is 262 Å². The fourth-order valence-electron chi connectivity index (χ4n) is 6.98. The van der Waals surface area contributed by atoms with E-state index >= 15 is 0 Å². The Morgan fingerprint density at radius 3 is 2.34 bits per heavy atom. The standard InChI is InChI=1S/C32H39N5O5S2/c1-21-17-35(18-22(2)34-21)29-14-13-25(16-33-29)44(41,42)36-19-27(23-9-5-3-6-10-23)37(30(38)20-36)26-15-28(43-31(26)32(39)40)24-11-7-4-8-12-24/h4,7-8,11-16,21-23,27,34H,3,5-6,9-10,17-20H2,1-2H3,(H,39,40). The average molecular weight is 638 g/mol. The second-order valence-electron chi connectivity index (χ2n) is 12.2. The maximum Gasteiger partial charge on any atom is 0.348 e. The predicted molar refractivity (Wildman–Crippen MR) is 172 cm³/mol. The van der Waals surface area contributed by atoms with Crippen LogP contribution in [0.3, 0.4) is 0 Å². The minimum atomic E-state index is -4.03. The number of sulfonamides is 1. The van der Waals surface area contributed by atoms with E-state index in [1.165, 1.54) is 10.5 Å². The normalized spacial score (nSPS) is 24.0. The molecule has 3 unspecified atom stereocenters. The number of nitrogens with one attached hydrogen (secondary N) is 1. The molecule has 0 bridgehead atoms. The molecule has 2 aromatic heterocycles. The van der Waals surface area contributed by atoms with Gasteiger partial charge in [0.05, 0.1) is 18.3 Å². The summed E-state index contributed by atoms with van der Waals surface area (Å²) in [6.45, 7) is 5.50. The molecule has 234 valence electrons. The number of amides is 1. The number of nitrogens with zero attached hydrogens (tertiary/aromatic N) is 4. The number of piperazine rings is 2. The molecular formula is C32H39N5O5S2. The molecule has 3 fully saturated rings. The number of thiophene rings is 1. The summed E-state index contributed by atoms with van der Waals surface area (Å²) in [4.78, 5) is 35.6. The van der Waals surface area contributed by atoms with Gasteiger partial charge in [-0.3, -0.25) is 4.79 Å². The number of aromatic nitrogens is 1. The summed E-state index contributed by atoms with van der Waals surface area (Å²) in [6.07, 6.45) is 6.20. The molecule has 3 atom stereocenters. The van der Waals surface area contributed by atoms with Crippen LogP contribution in [0.2, 0.25) is 0 Å². The molecule has 2 saturated heterocycles. The van der Waals surface area contributed by atoms with Crippen LogP contribution in [0.5, 0.6) is 0 Å². The topological polar surface area (TPSA) is 123 Å². The van der Waals surface area contributed by atoms with Gasteiger partial charge in [0, 0.05) is 42.8 Å². The van der Waals surface area contributed by atoms with Crippen LogP contribution in [-0.2, 0) is 14.8 Å². The Balaban J connectivity index is 1.31. The molecule has 1 aliphatic carbocycles. The zero-order chi connectivity index (χ0) is 31.0. The van der Waals surface area contributed by atoms with E-state index in [9.17, 15) is 23.1 Å². The van der Waals surface area contributed by atoms with Crippen molar-refractivity contribution in [2.45, 2.75) is 69.0 Å². The SMILES string of the molecule is CC1CN(c2ccc(S(=O)(=O)N3CC(=O)N(c4cc(-c5ccccc5)sc4C(=O)O)C(C4CCCCC4)C3)cn2)CC(C)N1. The number of rotatable bonds is 7.